The van der Waals surface area contributed by atoms with Gasteiger partial charge in [-0.1, -0.05) is 6.42 Å². The van der Waals surface area contributed by atoms with Crippen molar-refractivity contribution in [2.24, 2.45) is 17.8 Å². The number of hydrogen-bond acceptors (Lipinski definition) is 4. The first-order chi connectivity index (χ1) is 11.7. The molecule has 0 unspecified atom stereocenters. The van der Waals surface area contributed by atoms with E-state index in [-0.39, 0.29) is 31.1 Å². The molecule has 0 spiro atoms. The molecule has 0 aliphatic heterocycles. The van der Waals surface area contributed by atoms with E-state index in [0.29, 0.717) is 37.5 Å². The maximum absolute atomic E-state index is 12.0. The van der Waals surface area contributed by atoms with E-state index >= 15 is 0 Å². The SMILES string of the molecule is O=C(COCC1CC1)NC[C@@H]1CCC[C@@H]1NC(=O)COCC1CC1. The normalized spacial score (nSPS) is 26.3. The summed E-state index contributed by atoms with van der Waals surface area (Å²) in [7, 11) is 0. The van der Waals surface area contributed by atoms with Crippen LogP contribution in [0.4, 0.5) is 0 Å². The molecule has 2 atom stereocenters. The lowest BCUT2D eigenvalue weighted by atomic mass is 10.0. The van der Waals surface area contributed by atoms with Crippen LogP contribution >= 0.6 is 0 Å². The lowest BCUT2D eigenvalue weighted by Crippen LogP contribution is -2.43. The third kappa shape index (κ3) is 6.40. The second kappa shape index (κ2) is 8.81. The molecule has 0 radical (unpaired) electrons. The van der Waals surface area contributed by atoms with Crippen molar-refractivity contribution in [1.29, 1.82) is 0 Å². The lowest BCUT2D eigenvalue weighted by molar-refractivity contribution is -0.126. The number of carbonyl (C=O) groups is 2. The summed E-state index contributed by atoms with van der Waals surface area (Å²) in [6.07, 6.45) is 8.04. The van der Waals surface area contributed by atoms with Crippen molar-refractivity contribution in [2.75, 3.05) is 33.0 Å². The van der Waals surface area contributed by atoms with Crippen molar-refractivity contribution in [3.05, 3.63) is 0 Å². The average Bonchev–Trinajstić information content (AvgIpc) is 3.47. The highest BCUT2D eigenvalue weighted by molar-refractivity contribution is 5.78. The van der Waals surface area contributed by atoms with Crippen LogP contribution in [0.25, 0.3) is 0 Å². The predicted octanol–water partition coefficient (Wildman–Crippen LogP) is 1.24. The van der Waals surface area contributed by atoms with Crippen LogP contribution in [0.5, 0.6) is 0 Å². The molecule has 3 aliphatic carbocycles. The van der Waals surface area contributed by atoms with Crippen LogP contribution < -0.4 is 10.6 Å². The molecule has 6 nitrogen and oxygen atoms in total. The van der Waals surface area contributed by atoms with Gasteiger partial charge in [-0.15, -0.1) is 0 Å². The van der Waals surface area contributed by atoms with Crippen LogP contribution in [0.3, 0.4) is 0 Å². The molecule has 136 valence electrons. The molecule has 3 rings (SSSR count). The number of carbonyl (C=O) groups excluding carboxylic acids is 2. The molecule has 0 aromatic heterocycles. The molecule has 2 N–H and O–H groups in total. The zero-order valence-electron chi connectivity index (χ0n) is 14.4. The maximum atomic E-state index is 12.0. The minimum atomic E-state index is -0.0552. The molecule has 3 fully saturated rings. The minimum absolute atomic E-state index is 0.0355. The largest absolute Gasteiger partial charge is 0.371 e. The van der Waals surface area contributed by atoms with Gasteiger partial charge in [0.1, 0.15) is 13.2 Å². The highest BCUT2D eigenvalue weighted by atomic mass is 16.5. The molecule has 0 aromatic rings. The van der Waals surface area contributed by atoms with Crippen LogP contribution in [0.15, 0.2) is 0 Å². The van der Waals surface area contributed by atoms with E-state index in [9.17, 15) is 9.59 Å². The first kappa shape index (κ1) is 17.7. The Labute approximate surface area is 144 Å². The van der Waals surface area contributed by atoms with E-state index in [2.05, 4.69) is 10.6 Å². The number of ether oxygens (including phenoxy) is 2. The van der Waals surface area contributed by atoms with Gasteiger partial charge in [-0.2, -0.15) is 0 Å². The zero-order valence-corrected chi connectivity index (χ0v) is 14.4. The molecule has 0 aromatic carbocycles. The van der Waals surface area contributed by atoms with Crippen LogP contribution in [0.1, 0.15) is 44.9 Å². The minimum Gasteiger partial charge on any atom is -0.371 e. The Balaban J connectivity index is 1.27. The van der Waals surface area contributed by atoms with Crippen molar-refractivity contribution in [2.45, 2.75) is 51.0 Å². The predicted molar refractivity (Wildman–Crippen MR) is 89.4 cm³/mol. The summed E-state index contributed by atoms with van der Waals surface area (Å²) in [5.74, 6) is 1.57. The van der Waals surface area contributed by atoms with Crippen molar-refractivity contribution in [1.82, 2.24) is 10.6 Å². The standard InChI is InChI=1S/C18H30N2O4/c21-17(11-23-9-13-4-5-13)19-8-15-2-1-3-16(15)20-18(22)12-24-10-14-6-7-14/h13-16H,1-12H2,(H,19,21)(H,20,22)/t15-,16-/m0/s1. The molecule has 0 saturated heterocycles. The van der Waals surface area contributed by atoms with E-state index in [4.69, 9.17) is 9.47 Å². The van der Waals surface area contributed by atoms with Crippen LogP contribution in [-0.4, -0.2) is 50.8 Å². The first-order valence-electron chi connectivity index (χ1n) is 9.42. The summed E-state index contributed by atoms with van der Waals surface area (Å²) in [5.41, 5.74) is 0. The number of rotatable bonds is 11. The number of nitrogens with one attached hydrogen (secondary N) is 2. The molecule has 2 amide bonds. The third-order valence-electron chi connectivity index (χ3n) is 5.13. The van der Waals surface area contributed by atoms with Gasteiger partial charge in [-0.3, -0.25) is 9.59 Å². The van der Waals surface area contributed by atoms with E-state index in [0.717, 1.165) is 19.3 Å². The van der Waals surface area contributed by atoms with E-state index in [1.165, 1.54) is 25.7 Å². The van der Waals surface area contributed by atoms with Gasteiger partial charge < -0.3 is 20.1 Å². The molecule has 3 saturated carbocycles. The summed E-state index contributed by atoms with van der Waals surface area (Å²) in [6.45, 7) is 2.32. The Hall–Kier alpha value is -1.14. The Morgan fingerprint density at radius 2 is 1.46 bits per heavy atom. The summed E-state index contributed by atoms with van der Waals surface area (Å²) < 4.78 is 10.8. The summed E-state index contributed by atoms with van der Waals surface area (Å²) in [6, 6.07) is 0.148. The molecule has 0 bridgehead atoms. The molecule has 0 heterocycles. The quantitative estimate of drug-likeness (QED) is 0.594. The van der Waals surface area contributed by atoms with Gasteiger partial charge in [0, 0.05) is 12.6 Å². The van der Waals surface area contributed by atoms with Crippen molar-refractivity contribution in [3.63, 3.8) is 0 Å². The van der Waals surface area contributed by atoms with Gasteiger partial charge in [0.2, 0.25) is 11.8 Å². The second-order valence-corrected chi connectivity index (χ2v) is 7.59. The van der Waals surface area contributed by atoms with E-state index < -0.39 is 0 Å². The Bertz CT molecular complexity index is 435. The summed E-state index contributed by atoms with van der Waals surface area (Å²) in [5, 5.41) is 6.01. The smallest absolute Gasteiger partial charge is 0.246 e. The molecular weight excluding hydrogens is 308 g/mol. The van der Waals surface area contributed by atoms with Crippen LogP contribution in [0.2, 0.25) is 0 Å². The van der Waals surface area contributed by atoms with Gasteiger partial charge in [0.25, 0.3) is 0 Å². The van der Waals surface area contributed by atoms with Crippen LogP contribution in [-0.2, 0) is 19.1 Å². The summed E-state index contributed by atoms with van der Waals surface area (Å²) >= 11 is 0. The van der Waals surface area contributed by atoms with E-state index in [1.54, 1.807) is 0 Å². The molecular formula is C18H30N2O4. The fraction of sp³-hybridized carbons (Fsp3) is 0.889. The fourth-order valence-electron chi connectivity index (χ4n) is 3.22. The van der Waals surface area contributed by atoms with Crippen molar-refractivity contribution in [3.8, 4) is 0 Å². The van der Waals surface area contributed by atoms with Gasteiger partial charge in [0.15, 0.2) is 0 Å². The molecule has 24 heavy (non-hydrogen) atoms. The van der Waals surface area contributed by atoms with Gasteiger partial charge >= 0.3 is 0 Å². The number of amides is 2. The third-order valence-corrected chi connectivity index (χ3v) is 5.13. The van der Waals surface area contributed by atoms with Gasteiger partial charge in [0.05, 0.1) is 13.2 Å². The molecule has 3 aliphatic rings. The second-order valence-electron chi connectivity index (χ2n) is 7.59. The highest BCUT2D eigenvalue weighted by Crippen LogP contribution is 2.29. The highest BCUT2D eigenvalue weighted by Gasteiger charge is 2.29. The monoisotopic (exact) mass is 338 g/mol. The van der Waals surface area contributed by atoms with Gasteiger partial charge in [-0.05, 0) is 56.3 Å². The Morgan fingerprint density at radius 3 is 2.08 bits per heavy atom. The average molecular weight is 338 g/mol. The molecule has 6 heteroatoms. The Kier molecular flexibility index (Phi) is 6.49. The first-order valence-corrected chi connectivity index (χ1v) is 9.42. The van der Waals surface area contributed by atoms with E-state index in [1.807, 2.05) is 0 Å². The van der Waals surface area contributed by atoms with Crippen LogP contribution in [0, 0.1) is 17.8 Å². The topological polar surface area (TPSA) is 76.7 Å². The fourth-order valence-corrected chi connectivity index (χ4v) is 3.22. The summed E-state index contributed by atoms with van der Waals surface area (Å²) in [4.78, 5) is 23.8. The van der Waals surface area contributed by atoms with Crippen molar-refractivity contribution >= 4 is 11.8 Å². The van der Waals surface area contributed by atoms with Gasteiger partial charge in [-0.25, -0.2) is 0 Å². The lowest BCUT2D eigenvalue weighted by Gasteiger charge is -2.21. The van der Waals surface area contributed by atoms with Crippen molar-refractivity contribution < 1.29 is 19.1 Å². The zero-order chi connectivity index (χ0) is 16.8. The Morgan fingerprint density at radius 1 is 0.833 bits per heavy atom. The maximum Gasteiger partial charge on any atom is 0.246 e. The number of hydrogen-bond donors (Lipinski definition) is 2.